The molecule has 7 heteroatoms. The summed E-state index contributed by atoms with van der Waals surface area (Å²) < 4.78 is 28.2. The van der Waals surface area contributed by atoms with Gasteiger partial charge in [0, 0.05) is 5.69 Å². The Morgan fingerprint density at radius 3 is 2.32 bits per heavy atom. The molecule has 0 aliphatic rings. The summed E-state index contributed by atoms with van der Waals surface area (Å²) in [6.07, 6.45) is 0. The van der Waals surface area contributed by atoms with Crippen LogP contribution in [0.5, 0.6) is 0 Å². The highest BCUT2D eigenvalue weighted by atomic mass is 19.1. The van der Waals surface area contributed by atoms with E-state index in [1.54, 1.807) is 30.5 Å². The predicted molar refractivity (Wildman–Crippen MR) is 89.9 cm³/mol. The van der Waals surface area contributed by atoms with Crippen LogP contribution in [0.25, 0.3) is 5.69 Å². The summed E-state index contributed by atoms with van der Waals surface area (Å²) >= 11 is 0. The van der Waals surface area contributed by atoms with E-state index in [2.05, 4.69) is 15.3 Å². The van der Waals surface area contributed by atoms with Crippen molar-refractivity contribution in [1.29, 1.82) is 0 Å². The number of hydrogen-bond acceptors (Lipinski definition) is 3. The molecule has 0 aliphatic heterocycles. The fourth-order valence-corrected chi connectivity index (χ4v) is 2.62. The van der Waals surface area contributed by atoms with Crippen LogP contribution in [0.1, 0.15) is 27.7 Å². The molecule has 3 aromatic rings. The van der Waals surface area contributed by atoms with Gasteiger partial charge in [0.1, 0.15) is 29.0 Å². The standard InChI is InChI=1S/C18H16F2N4O/c1-10-15(20)8-9-16(21-10)23-18(25)17-11(2)24(12(3)22-17)14-6-4-13(19)5-7-14/h4-9H,1-3H3,(H,21,23,25). The van der Waals surface area contributed by atoms with Crippen molar-refractivity contribution in [2.75, 3.05) is 5.32 Å². The molecule has 2 aromatic heterocycles. The fraction of sp³-hybridized carbons (Fsp3) is 0.167. The van der Waals surface area contributed by atoms with Crippen LogP contribution >= 0.6 is 0 Å². The van der Waals surface area contributed by atoms with Gasteiger partial charge in [0.2, 0.25) is 0 Å². The smallest absolute Gasteiger partial charge is 0.277 e. The first kappa shape index (κ1) is 16.8. The molecule has 2 heterocycles. The lowest BCUT2D eigenvalue weighted by molar-refractivity contribution is 0.102. The Morgan fingerprint density at radius 2 is 1.68 bits per heavy atom. The molecule has 0 bridgehead atoms. The Hall–Kier alpha value is -3.09. The molecule has 1 aromatic carbocycles. The summed E-state index contributed by atoms with van der Waals surface area (Å²) in [5, 5.41) is 2.62. The van der Waals surface area contributed by atoms with E-state index < -0.39 is 11.7 Å². The third-order valence-electron chi connectivity index (χ3n) is 3.84. The van der Waals surface area contributed by atoms with Crippen molar-refractivity contribution < 1.29 is 13.6 Å². The zero-order valence-corrected chi connectivity index (χ0v) is 14.0. The minimum absolute atomic E-state index is 0.197. The minimum atomic E-state index is -0.444. The highest BCUT2D eigenvalue weighted by Crippen LogP contribution is 2.19. The first-order chi connectivity index (χ1) is 11.9. The number of carbonyl (C=O) groups excluding carboxylic acids is 1. The molecule has 0 atom stereocenters. The molecule has 1 N–H and O–H groups in total. The quantitative estimate of drug-likeness (QED) is 0.789. The average Bonchev–Trinajstić information content (AvgIpc) is 2.87. The molecule has 25 heavy (non-hydrogen) atoms. The number of nitrogens with zero attached hydrogens (tertiary/aromatic N) is 3. The van der Waals surface area contributed by atoms with Crippen molar-refractivity contribution in [3.63, 3.8) is 0 Å². The number of anilines is 1. The maximum atomic E-state index is 13.3. The Morgan fingerprint density at radius 1 is 1.00 bits per heavy atom. The van der Waals surface area contributed by atoms with Crippen LogP contribution in [-0.4, -0.2) is 20.4 Å². The van der Waals surface area contributed by atoms with Gasteiger partial charge in [0.15, 0.2) is 0 Å². The van der Waals surface area contributed by atoms with Crippen LogP contribution in [-0.2, 0) is 0 Å². The number of halogens is 2. The van der Waals surface area contributed by atoms with Crippen molar-refractivity contribution in [2.45, 2.75) is 20.8 Å². The molecule has 0 fully saturated rings. The van der Waals surface area contributed by atoms with Gasteiger partial charge in [-0.1, -0.05) is 0 Å². The van der Waals surface area contributed by atoms with E-state index in [9.17, 15) is 13.6 Å². The second-order valence-corrected chi connectivity index (χ2v) is 5.62. The lowest BCUT2D eigenvalue weighted by atomic mass is 10.2. The summed E-state index contributed by atoms with van der Waals surface area (Å²) in [5.74, 6) is -0.379. The summed E-state index contributed by atoms with van der Waals surface area (Å²) in [5.41, 5.74) is 1.74. The summed E-state index contributed by atoms with van der Waals surface area (Å²) in [7, 11) is 0. The molecule has 0 spiro atoms. The normalized spacial score (nSPS) is 10.8. The third-order valence-corrected chi connectivity index (χ3v) is 3.84. The Labute approximate surface area is 143 Å². The Bertz CT molecular complexity index is 948. The van der Waals surface area contributed by atoms with Gasteiger partial charge in [0.25, 0.3) is 5.91 Å². The van der Waals surface area contributed by atoms with Gasteiger partial charge in [-0.25, -0.2) is 18.7 Å². The van der Waals surface area contributed by atoms with E-state index in [4.69, 9.17) is 0 Å². The molecule has 0 saturated heterocycles. The van der Waals surface area contributed by atoms with Crippen molar-refractivity contribution in [2.24, 2.45) is 0 Å². The number of nitrogens with one attached hydrogen (secondary N) is 1. The van der Waals surface area contributed by atoms with E-state index in [0.29, 0.717) is 17.2 Å². The SMILES string of the molecule is Cc1nc(NC(=O)c2nc(C)n(-c3ccc(F)cc3)c2C)ccc1F. The van der Waals surface area contributed by atoms with Crippen molar-refractivity contribution in [1.82, 2.24) is 14.5 Å². The number of aromatic nitrogens is 3. The highest BCUT2D eigenvalue weighted by molar-refractivity contribution is 6.03. The lowest BCUT2D eigenvalue weighted by Gasteiger charge is -2.08. The maximum Gasteiger partial charge on any atom is 0.277 e. The van der Waals surface area contributed by atoms with Crippen LogP contribution < -0.4 is 5.32 Å². The summed E-state index contributed by atoms with van der Waals surface area (Å²) in [6, 6.07) is 8.55. The first-order valence-electron chi connectivity index (χ1n) is 7.63. The number of rotatable bonds is 3. The van der Waals surface area contributed by atoms with Crippen LogP contribution in [0.4, 0.5) is 14.6 Å². The van der Waals surface area contributed by atoms with Gasteiger partial charge in [-0.15, -0.1) is 0 Å². The van der Waals surface area contributed by atoms with Gasteiger partial charge in [-0.3, -0.25) is 4.79 Å². The molecule has 1 amide bonds. The van der Waals surface area contributed by atoms with E-state index in [1.807, 2.05) is 0 Å². The van der Waals surface area contributed by atoms with Gasteiger partial charge >= 0.3 is 0 Å². The summed E-state index contributed by atoms with van der Waals surface area (Å²) in [4.78, 5) is 20.8. The van der Waals surface area contributed by atoms with Gasteiger partial charge in [-0.05, 0) is 57.2 Å². The zero-order chi connectivity index (χ0) is 18.1. The van der Waals surface area contributed by atoms with Gasteiger partial charge in [0.05, 0.1) is 11.4 Å². The minimum Gasteiger partial charge on any atom is -0.305 e. The fourth-order valence-electron chi connectivity index (χ4n) is 2.62. The van der Waals surface area contributed by atoms with Gasteiger partial charge < -0.3 is 9.88 Å². The lowest BCUT2D eigenvalue weighted by Crippen LogP contribution is -2.15. The van der Waals surface area contributed by atoms with E-state index in [0.717, 1.165) is 0 Å². The molecule has 0 radical (unpaired) electrons. The molecular formula is C18H16F2N4O. The molecule has 3 rings (SSSR count). The van der Waals surface area contributed by atoms with E-state index >= 15 is 0 Å². The third kappa shape index (κ3) is 3.26. The maximum absolute atomic E-state index is 13.3. The largest absolute Gasteiger partial charge is 0.305 e. The van der Waals surface area contributed by atoms with Crippen LogP contribution in [0.15, 0.2) is 36.4 Å². The number of hydrogen-bond donors (Lipinski definition) is 1. The first-order valence-corrected chi connectivity index (χ1v) is 7.63. The number of carbonyl (C=O) groups is 1. The molecule has 0 aliphatic carbocycles. The second kappa shape index (κ2) is 6.43. The topological polar surface area (TPSA) is 59.8 Å². The predicted octanol–water partition coefficient (Wildman–Crippen LogP) is 3.72. The van der Waals surface area contributed by atoms with Crippen LogP contribution in [0.3, 0.4) is 0 Å². The van der Waals surface area contributed by atoms with Crippen molar-refractivity contribution in [3.8, 4) is 5.69 Å². The number of benzene rings is 1. The molecule has 5 nitrogen and oxygen atoms in total. The molecular weight excluding hydrogens is 326 g/mol. The molecule has 128 valence electrons. The number of pyridine rings is 1. The Kier molecular flexibility index (Phi) is 4.31. The summed E-state index contributed by atoms with van der Waals surface area (Å²) in [6.45, 7) is 5.03. The zero-order valence-electron chi connectivity index (χ0n) is 14.0. The Balaban J connectivity index is 1.92. The highest BCUT2D eigenvalue weighted by Gasteiger charge is 2.19. The van der Waals surface area contributed by atoms with Crippen molar-refractivity contribution >= 4 is 11.7 Å². The van der Waals surface area contributed by atoms with Crippen LogP contribution in [0, 0.1) is 32.4 Å². The number of amides is 1. The molecule has 0 unspecified atom stereocenters. The van der Waals surface area contributed by atoms with Gasteiger partial charge in [-0.2, -0.15) is 0 Å². The van der Waals surface area contributed by atoms with Crippen LogP contribution in [0.2, 0.25) is 0 Å². The monoisotopic (exact) mass is 342 g/mol. The molecule has 0 saturated carbocycles. The van der Waals surface area contributed by atoms with E-state index in [-0.39, 0.29) is 23.0 Å². The average molecular weight is 342 g/mol. The van der Waals surface area contributed by atoms with E-state index in [1.165, 1.54) is 31.2 Å². The number of aryl methyl sites for hydroxylation is 2. The number of imidazole rings is 1. The van der Waals surface area contributed by atoms with Crippen molar-refractivity contribution in [3.05, 3.63) is 70.9 Å². The second-order valence-electron chi connectivity index (χ2n) is 5.62.